The van der Waals surface area contributed by atoms with Gasteiger partial charge in [0, 0.05) is 31.1 Å². The van der Waals surface area contributed by atoms with E-state index >= 15 is 0 Å². The maximum atomic E-state index is 12.5. The van der Waals surface area contributed by atoms with Gasteiger partial charge in [-0.25, -0.2) is 4.79 Å². The van der Waals surface area contributed by atoms with Crippen LogP contribution in [0.5, 0.6) is 11.8 Å². The van der Waals surface area contributed by atoms with Gasteiger partial charge < -0.3 is 20.0 Å². The quantitative estimate of drug-likeness (QED) is 0.756. The molecule has 7 heteroatoms. The summed E-state index contributed by atoms with van der Waals surface area (Å²) < 4.78 is 0.653. The molecule has 1 aromatic heterocycles. The fourth-order valence-corrected chi connectivity index (χ4v) is 2.65. The molecule has 1 unspecified atom stereocenters. The van der Waals surface area contributed by atoms with E-state index in [2.05, 4.69) is 0 Å². The number of nitrogens with zero attached hydrogens (tertiary/aromatic N) is 2. The average Bonchev–Trinajstić information content (AvgIpc) is 2.78. The predicted molar refractivity (Wildman–Crippen MR) is 89.4 cm³/mol. The zero-order chi connectivity index (χ0) is 18.4. The van der Waals surface area contributed by atoms with Crippen LogP contribution < -0.4 is 4.84 Å². The van der Waals surface area contributed by atoms with Gasteiger partial charge in [0.1, 0.15) is 0 Å². The normalized spacial score (nSPS) is 12.5. The molecule has 0 aliphatic rings. The third-order valence-electron chi connectivity index (χ3n) is 3.77. The molecule has 2 N–H and O–H groups in total. The second-order valence-corrected chi connectivity index (χ2v) is 6.56. The first kappa shape index (κ1) is 19.9. The first-order chi connectivity index (χ1) is 11.2. The van der Waals surface area contributed by atoms with E-state index in [1.165, 1.54) is 12.1 Å². The summed E-state index contributed by atoms with van der Waals surface area (Å²) in [5.41, 5.74) is 0. The number of carbonyl (C=O) groups excluding carboxylic acids is 2. The summed E-state index contributed by atoms with van der Waals surface area (Å²) in [5.74, 6) is -1.99. The molecule has 24 heavy (non-hydrogen) atoms. The molecule has 0 aromatic carbocycles. The molecule has 0 spiro atoms. The van der Waals surface area contributed by atoms with Gasteiger partial charge >= 0.3 is 5.97 Å². The van der Waals surface area contributed by atoms with Crippen LogP contribution in [0, 0.1) is 11.8 Å². The SMILES string of the molecule is CCN(C(=O)CC(CC(C)C)C(=O)On1c(O)ccc1O)C(C)C. The van der Waals surface area contributed by atoms with E-state index in [0.29, 0.717) is 17.7 Å². The molecule has 0 saturated carbocycles. The molecule has 1 rings (SSSR count). The summed E-state index contributed by atoms with van der Waals surface area (Å²) in [6.45, 7) is 10.2. The van der Waals surface area contributed by atoms with Gasteiger partial charge in [0.25, 0.3) is 0 Å². The number of aromatic nitrogens is 1. The highest BCUT2D eigenvalue weighted by atomic mass is 16.7. The van der Waals surface area contributed by atoms with Crippen molar-refractivity contribution >= 4 is 11.9 Å². The molecule has 136 valence electrons. The smallest absolute Gasteiger partial charge is 0.336 e. The maximum absolute atomic E-state index is 12.5. The molecular weight excluding hydrogens is 312 g/mol. The number of hydrogen-bond donors (Lipinski definition) is 2. The van der Waals surface area contributed by atoms with Gasteiger partial charge in [-0.3, -0.25) is 4.79 Å². The fraction of sp³-hybridized carbons (Fsp3) is 0.647. The highest BCUT2D eigenvalue weighted by Crippen LogP contribution is 2.22. The predicted octanol–water partition coefficient (Wildman–Crippen LogP) is 2.16. The van der Waals surface area contributed by atoms with E-state index in [0.717, 1.165) is 0 Å². The van der Waals surface area contributed by atoms with Crippen molar-refractivity contribution < 1.29 is 24.6 Å². The van der Waals surface area contributed by atoms with Crippen molar-refractivity contribution in [2.24, 2.45) is 11.8 Å². The molecular formula is C17H28N2O5. The van der Waals surface area contributed by atoms with Gasteiger partial charge in [0.2, 0.25) is 17.7 Å². The summed E-state index contributed by atoms with van der Waals surface area (Å²) in [4.78, 5) is 31.7. The molecule has 0 aliphatic carbocycles. The van der Waals surface area contributed by atoms with Gasteiger partial charge in [-0.2, -0.15) is 0 Å². The molecule has 0 aliphatic heterocycles. The lowest BCUT2D eigenvalue weighted by Gasteiger charge is -2.27. The first-order valence-electron chi connectivity index (χ1n) is 8.28. The van der Waals surface area contributed by atoms with E-state index < -0.39 is 11.9 Å². The molecule has 0 fully saturated rings. The molecule has 0 bridgehead atoms. The van der Waals surface area contributed by atoms with Crippen LogP contribution in [0.3, 0.4) is 0 Å². The van der Waals surface area contributed by atoms with Gasteiger partial charge in [-0.1, -0.05) is 13.8 Å². The number of hydrogen-bond acceptors (Lipinski definition) is 5. The highest BCUT2D eigenvalue weighted by Gasteiger charge is 2.29. The Labute approximate surface area is 142 Å². The van der Waals surface area contributed by atoms with Crippen LogP contribution in [-0.2, 0) is 9.59 Å². The first-order valence-corrected chi connectivity index (χ1v) is 8.28. The Bertz CT molecular complexity index is 546. The lowest BCUT2D eigenvalue weighted by molar-refractivity contribution is -0.154. The number of amides is 1. The van der Waals surface area contributed by atoms with E-state index in [4.69, 9.17) is 4.84 Å². The third-order valence-corrected chi connectivity index (χ3v) is 3.77. The van der Waals surface area contributed by atoms with Crippen LogP contribution in [-0.4, -0.2) is 44.3 Å². The van der Waals surface area contributed by atoms with Crippen molar-refractivity contribution in [3.8, 4) is 11.8 Å². The molecule has 1 amide bonds. The lowest BCUT2D eigenvalue weighted by Crippen LogP contribution is -2.39. The Kier molecular flexibility index (Phi) is 7.13. The van der Waals surface area contributed by atoms with Crippen molar-refractivity contribution in [1.82, 2.24) is 9.63 Å². The van der Waals surface area contributed by atoms with E-state index in [1.54, 1.807) is 4.90 Å². The fourth-order valence-electron chi connectivity index (χ4n) is 2.65. The Morgan fingerprint density at radius 1 is 1.17 bits per heavy atom. The minimum atomic E-state index is -0.654. The minimum absolute atomic E-state index is 0.0336. The largest absolute Gasteiger partial charge is 0.492 e. The van der Waals surface area contributed by atoms with Crippen LogP contribution >= 0.6 is 0 Å². The van der Waals surface area contributed by atoms with Crippen molar-refractivity contribution in [2.75, 3.05) is 6.54 Å². The number of carbonyl (C=O) groups is 2. The maximum Gasteiger partial charge on any atom is 0.336 e. The Morgan fingerprint density at radius 3 is 2.12 bits per heavy atom. The van der Waals surface area contributed by atoms with Gasteiger partial charge in [0.05, 0.1) is 5.92 Å². The Balaban J connectivity index is 2.88. The second-order valence-electron chi connectivity index (χ2n) is 6.56. The van der Waals surface area contributed by atoms with E-state index in [-0.39, 0.29) is 36.0 Å². The Morgan fingerprint density at radius 2 is 1.71 bits per heavy atom. The second kappa shape index (κ2) is 8.61. The molecule has 0 radical (unpaired) electrons. The van der Waals surface area contributed by atoms with Crippen LogP contribution in [0.2, 0.25) is 0 Å². The van der Waals surface area contributed by atoms with Crippen LogP contribution in [0.15, 0.2) is 12.1 Å². The third kappa shape index (κ3) is 5.18. The summed E-state index contributed by atoms with van der Waals surface area (Å²) in [7, 11) is 0. The highest BCUT2D eigenvalue weighted by molar-refractivity contribution is 5.83. The molecule has 1 aromatic rings. The topological polar surface area (TPSA) is 92.0 Å². The summed E-state index contributed by atoms with van der Waals surface area (Å²) in [6.07, 6.45) is 0.509. The van der Waals surface area contributed by atoms with Crippen LogP contribution in [0.1, 0.15) is 47.5 Å². The zero-order valence-corrected chi connectivity index (χ0v) is 15.0. The van der Waals surface area contributed by atoms with Crippen molar-refractivity contribution in [3.63, 3.8) is 0 Å². The number of rotatable bonds is 8. The molecule has 7 nitrogen and oxygen atoms in total. The van der Waals surface area contributed by atoms with Crippen molar-refractivity contribution in [2.45, 2.75) is 53.5 Å². The summed E-state index contributed by atoms with van der Waals surface area (Å²) in [6, 6.07) is 2.47. The van der Waals surface area contributed by atoms with Gasteiger partial charge in [-0.05, 0) is 33.1 Å². The van der Waals surface area contributed by atoms with Gasteiger partial charge in [-0.15, -0.1) is 4.73 Å². The monoisotopic (exact) mass is 340 g/mol. The van der Waals surface area contributed by atoms with Crippen LogP contribution in [0.4, 0.5) is 0 Å². The number of aromatic hydroxyl groups is 2. The summed E-state index contributed by atoms with van der Waals surface area (Å²) >= 11 is 0. The van der Waals surface area contributed by atoms with Crippen molar-refractivity contribution in [1.29, 1.82) is 0 Å². The van der Waals surface area contributed by atoms with E-state index in [1.807, 2.05) is 34.6 Å². The zero-order valence-electron chi connectivity index (χ0n) is 15.0. The molecule has 0 saturated heterocycles. The summed E-state index contributed by atoms with van der Waals surface area (Å²) in [5, 5.41) is 19.2. The molecule has 1 atom stereocenters. The van der Waals surface area contributed by atoms with Crippen molar-refractivity contribution in [3.05, 3.63) is 12.1 Å². The Hall–Kier alpha value is -2.18. The van der Waals surface area contributed by atoms with Gasteiger partial charge in [0.15, 0.2) is 0 Å². The van der Waals surface area contributed by atoms with E-state index in [9.17, 15) is 19.8 Å². The average molecular weight is 340 g/mol. The van der Waals surface area contributed by atoms with Crippen LogP contribution in [0.25, 0.3) is 0 Å². The standard InChI is InChI=1S/C17H28N2O5/c1-6-18(12(4)5)16(22)10-13(9-11(2)3)17(23)24-19-14(20)7-8-15(19)21/h7-8,11-13,20-21H,6,9-10H2,1-5H3. The lowest BCUT2D eigenvalue weighted by atomic mass is 9.93. The minimum Gasteiger partial charge on any atom is -0.492 e. The molecule has 1 heterocycles.